The highest BCUT2D eigenvalue weighted by Gasteiger charge is 2.23. The predicted molar refractivity (Wildman–Crippen MR) is 91.4 cm³/mol. The lowest BCUT2D eigenvalue weighted by Gasteiger charge is -2.20. The first-order chi connectivity index (χ1) is 11.1. The summed E-state index contributed by atoms with van der Waals surface area (Å²) in [5.41, 5.74) is 2.44. The first-order valence-corrected chi connectivity index (χ1v) is 7.70. The van der Waals surface area contributed by atoms with Crippen LogP contribution in [0.3, 0.4) is 0 Å². The van der Waals surface area contributed by atoms with Crippen LogP contribution in [-0.4, -0.2) is 15.2 Å². The van der Waals surface area contributed by atoms with Crippen LogP contribution in [0.5, 0.6) is 11.5 Å². The Morgan fingerprint density at radius 2 is 1.57 bits per heavy atom. The molecule has 0 saturated carbocycles. The van der Waals surface area contributed by atoms with Crippen molar-refractivity contribution < 1.29 is 10.2 Å². The molecule has 116 valence electrons. The van der Waals surface area contributed by atoms with Crippen molar-refractivity contribution in [3.8, 4) is 11.5 Å². The molecule has 0 aliphatic heterocycles. The number of pyridine rings is 1. The van der Waals surface area contributed by atoms with Crippen LogP contribution in [-0.2, 0) is 0 Å². The number of phenols is 2. The topological polar surface area (TPSA) is 53.4 Å². The molecule has 0 radical (unpaired) electrons. The van der Waals surface area contributed by atoms with Crippen molar-refractivity contribution >= 4 is 23.2 Å². The number of benzene rings is 2. The highest BCUT2D eigenvalue weighted by atomic mass is 35.5. The van der Waals surface area contributed by atoms with Crippen LogP contribution in [0.25, 0.3) is 0 Å². The molecule has 3 rings (SSSR count). The molecule has 2 aromatic carbocycles. The molecule has 0 amide bonds. The molecule has 0 spiro atoms. The van der Waals surface area contributed by atoms with Crippen LogP contribution in [0, 0.1) is 0 Å². The molecular formula is C18H13Cl2NO2. The maximum atomic E-state index is 9.72. The molecule has 1 unspecified atom stereocenters. The summed E-state index contributed by atoms with van der Waals surface area (Å²) in [6.45, 7) is 0. The van der Waals surface area contributed by atoms with Gasteiger partial charge in [0.15, 0.2) is 0 Å². The van der Waals surface area contributed by atoms with E-state index in [4.69, 9.17) is 23.2 Å². The second-order valence-corrected chi connectivity index (χ2v) is 5.84. The van der Waals surface area contributed by atoms with Crippen molar-refractivity contribution in [1.29, 1.82) is 0 Å². The van der Waals surface area contributed by atoms with E-state index < -0.39 is 0 Å². The maximum Gasteiger partial charge on any atom is 0.135 e. The molecule has 0 fully saturated rings. The second-order valence-electron chi connectivity index (χ2n) is 5.08. The van der Waals surface area contributed by atoms with Gasteiger partial charge in [-0.05, 0) is 41.5 Å². The highest BCUT2D eigenvalue weighted by Crippen LogP contribution is 2.41. The summed E-state index contributed by atoms with van der Waals surface area (Å²) in [6.07, 6.45) is 1.71. The Kier molecular flexibility index (Phi) is 4.42. The fraction of sp³-hybridized carbons (Fsp3) is 0.0556. The van der Waals surface area contributed by atoms with Gasteiger partial charge in [-0.25, -0.2) is 0 Å². The summed E-state index contributed by atoms with van der Waals surface area (Å²) in [5, 5.41) is 19.6. The van der Waals surface area contributed by atoms with Crippen molar-refractivity contribution in [2.24, 2.45) is 0 Å². The molecule has 0 saturated heterocycles. The molecule has 3 aromatic rings. The lowest BCUT2D eigenvalue weighted by Crippen LogP contribution is -2.06. The van der Waals surface area contributed by atoms with Gasteiger partial charge in [-0.15, -0.1) is 0 Å². The molecule has 1 aromatic heterocycles. The average molecular weight is 346 g/mol. The van der Waals surface area contributed by atoms with Gasteiger partial charge in [0, 0.05) is 6.20 Å². The zero-order chi connectivity index (χ0) is 16.4. The second kappa shape index (κ2) is 6.49. The molecule has 0 bridgehead atoms. The van der Waals surface area contributed by atoms with E-state index in [1.165, 1.54) is 6.07 Å². The Morgan fingerprint density at radius 1 is 0.826 bits per heavy atom. The smallest absolute Gasteiger partial charge is 0.135 e. The van der Waals surface area contributed by atoms with Gasteiger partial charge in [0.05, 0.1) is 16.6 Å². The van der Waals surface area contributed by atoms with Crippen LogP contribution in [0.15, 0.2) is 60.8 Å². The third kappa shape index (κ3) is 3.11. The molecule has 3 nitrogen and oxygen atoms in total. The van der Waals surface area contributed by atoms with Gasteiger partial charge in [-0.1, -0.05) is 47.5 Å². The summed E-state index contributed by atoms with van der Waals surface area (Å²) in [4.78, 5) is 4.42. The predicted octanol–water partition coefficient (Wildman–Crippen LogP) is 4.98. The van der Waals surface area contributed by atoms with E-state index in [9.17, 15) is 10.2 Å². The van der Waals surface area contributed by atoms with Gasteiger partial charge < -0.3 is 10.2 Å². The first kappa shape index (κ1) is 15.7. The number of halogens is 2. The Labute approximate surface area is 143 Å². The van der Waals surface area contributed by atoms with Crippen molar-refractivity contribution in [3.05, 3.63) is 87.7 Å². The Hall–Kier alpha value is -2.23. The molecular weight excluding hydrogens is 333 g/mol. The average Bonchev–Trinajstić information content (AvgIpc) is 2.58. The number of rotatable bonds is 3. The standard InChI is InChI=1S/C18H13Cl2NO2/c19-17-13(8-9-15(23)18(17)20)16(14-3-1-2-10-21-14)11-4-6-12(22)7-5-11/h1-10,16,22-23H. The molecule has 0 aliphatic rings. The number of hydrogen-bond acceptors (Lipinski definition) is 3. The zero-order valence-corrected chi connectivity index (χ0v) is 13.5. The maximum absolute atomic E-state index is 9.72. The summed E-state index contributed by atoms with van der Waals surface area (Å²) in [6, 6.07) is 15.7. The van der Waals surface area contributed by atoms with E-state index in [1.54, 1.807) is 24.4 Å². The third-order valence-corrected chi connectivity index (χ3v) is 4.50. The quantitative estimate of drug-likeness (QED) is 0.703. The van der Waals surface area contributed by atoms with Gasteiger partial charge in [-0.2, -0.15) is 0 Å². The summed E-state index contributed by atoms with van der Waals surface area (Å²) < 4.78 is 0. The molecule has 5 heteroatoms. The highest BCUT2D eigenvalue weighted by molar-refractivity contribution is 6.43. The number of nitrogens with zero attached hydrogens (tertiary/aromatic N) is 1. The Bertz CT molecular complexity index is 820. The third-order valence-electron chi connectivity index (χ3n) is 3.61. The molecule has 1 heterocycles. The van der Waals surface area contributed by atoms with E-state index >= 15 is 0 Å². The van der Waals surface area contributed by atoms with Crippen molar-refractivity contribution in [3.63, 3.8) is 0 Å². The monoisotopic (exact) mass is 345 g/mol. The zero-order valence-electron chi connectivity index (χ0n) is 11.9. The lowest BCUT2D eigenvalue weighted by atomic mass is 9.88. The van der Waals surface area contributed by atoms with Crippen molar-refractivity contribution in [2.75, 3.05) is 0 Å². The van der Waals surface area contributed by atoms with Crippen LogP contribution in [0.2, 0.25) is 10.0 Å². The first-order valence-electron chi connectivity index (χ1n) is 6.94. The molecule has 2 N–H and O–H groups in total. The minimum Gasteiger partial charge on any atom is -0.508 e. The van der Waals surface area contributed by atoms with E-state index in [-0.39, 0.29) is 27.5 Å². The van der Waals surface area contributed by atoms with Gasteiger partial charge in [-0.3, -0.25) is 4.98 Å². The molecule has 23 heavy (non-hydrogen) atoms. The summed E-state index contributed by atoms with van der Waals surface area (Å²) in [7, 11) is 0. The molecule has 1 atom stereocenters. The normalized spacial score (nSPS) is 12.1. The summed E-state index contributed by atoms with van der Waals surface area (Å²) in [5.74, 6) is -0.142. The van der Waals surface area contributed by atoms with E-state index in [2.05, 4.69) is 4.98 Å². The fourth-order valence-corrected chi connectivity index (χ4v) is 2.94. The Balaban J connectivity index is 2.21. The van der Waals surface area contributed by atoms with E-state index in [0.29, 0.717) is 0 Å². The van der Waals surface area contributed by atoms with Crippen LogP contribution in [0.1, 0.15) is 22.7 Å². The number of hydrogen-bond donors (Lipinski definition) is 2. The van der Waals surface area contributed by atoms with Gasteiger partial charge >= 0.3 is 0 Å². The number of aromatic nitrogens is 1. The van der Waals surface area contributed by atoms with Crippen LogP contribution >= 0.6 is 23.2 Å². The lowest BCUT2D eigenvalue weighted by molar-refractivity contribution is 0.475. The summed E-state index contributed by atoms with van der Waals surface area (Å²) >= 11 is 12.4. The van der Waals surface area contributed by atoms with E-state index in [0.717, 1.165) is 16.8 Å². The number of phenolic OH excluding ortho intramolecular Hbond substituents is 2. The fourth-order valence-electron chi connectivity index (χ4n) is 2.50. The minimum atomic E-state index is -0.262. The van der Waals surface area contributed by atoms with Gasteiger partial charge in [0.1, 0.15) is 16.5 Å². The Morgan fingerprint density at radius 3 is 2.22 bits per heavy atom. The largest absolute Gasteiger partial charge is 0.508 e. The van der Waals surface area contributed by atoms with Crippen molar-refractivity contribution in [1.82, 2.24) is 4.98 Å². The minimum absolute atomic E-state index is 0.0640. The van der Waals surface area contributed by atoms with E-state index in [1.807, 2.05) is 30.3 Å². The van der Waals surface area contributed by atoms with Gasteiger partial charge in [0.25, 0.3) is 0 Å². The number of aromatic hydroxyl groups is 2. The van der Waals surface area contributed by atoms with Crippen molar-refractivity contribution in [2.45, 2.75) is 5.92 Å². The molecule has 0 aliphatic carbocycles. The van der Waals surface area contributed by atoms with Crippen LogP contribution < -0.4 is 0 Å². The van der Waals surface area contributed by atoms with Crippen LogP contribution in [0.4, 0.5) is 0 Å². The van der Waals surface area contributed by atoms with Gasteiger partial charge in [0.2, 0.25) is 0 Å². The SMILES string of the molecule is Oc1ccc(C(c2ccccn2)c2ccc(O)c(Cl)c2Cl)cc1.